The lowest BCUT2D eigenvalue weighted by Crippen LogP contribution is -2.34. The molecule has 102 valence electrons. The van der Waals surface area contributed by atoms with Crippen molar-refractivity contribution in [2.75, 3.05) is 18.9 Å². The molecule has 1 aliphatic rings. The lowest BCUT2D eigenvalue weighted by atomic mass is 10.1. The highest BCUT2D eigenvalue weighted by Gasteiger charge is 2.23. The Morgan fingerprint density at radius 2 is 2.21 bits per heavy atom. The van der Waals surface area contributed by atoms with Gasteiger partial charge in [0.05, 0.1) is 12.2 Å². The average molecular weight is 262 g/mol. The van der Waals surface area contributed by atoms with Gasteiger partial charge in [0.2, 0.25) is 0 Å². The Bertz CT molecular complexity index is 513. The summed E-state index contributed by atoms with van der Waals surface area (Å²) in [5.74, 6) is 0.678. The summed E-state index contributed by atoms with van der Waals surface area (Å²) >= 11 is 0. The highest BCUT2D eigenvalue weighted by atomic mass is 16.5. The number of nitrogens with one attached hydrogen (secondary N) is 1. The van der Waals surface area contributed by atoms with Gasteiger partial charge >= 0.3 is 0 Å². The first kappa shape index (κ1) is 13.5. The quantitative estimate of drug-likeness (QED) is 0.891. The number of ketones is 1. The number of carbonyl (C=O) groups is 2. The van der Waals surface area contributed by atoms with Crippen molar-refractivity contribution in [3.8, 4) is 5.75 Å². The van der Waals surface area contributed by atoms with Gasteiger partial charge in [-0.3, -0.25) is 14.5 Å². The molecule has 1 unspecified atom stereocenters. The molecule has 1 atom stereocenters. The molecule has 5 heteroatoms. The minimum absolute atomic E-state index is 0.130. The third-order valence-corrected chi connectivity index (χ3v) is 2.92. The van der Waals surface area contributed by atoms with Gasteiger partial charge in [-0.1, -0.05) is 6.07 Å². The van der Waals surface area contributed by atoms with Crippen LogP contribution in [0.15, 0.2) is 18.2 Å². The lowest BCUT2D eigenvalue weighted by molar-refractivity contribution is -0.122. The molecule has 5 nitrogen and oxygen atoms in total. The van der Waals surface area contributed by atoms with Gasteiger partial charge in [-0.15, -0.1) is 0 Å². The molecule has 1 aromatic carbocycles. The van der Waals surface area contributed by atoms with Gasteiger partial charge in [0.1, 0.15) is 11.5 Å². The standard InChI is InChI=1S/C14H18N2O3/c1-9(17)7-16(3)8-11-4-5-13-12(6-11)15-14(18)10(2)19-13/h4-6,10H,7-8H2,1-3H3,(H,15,18). The first-order valence-corrected chi connectivity index (χ1v) is 6.24. The Morgan fingerprint density at radius 1 is 1.47 bits per heavy atom. The number of carbonyl (C=O) groups excluding carboxylic acids is 2. The second-order valence-electron chi connectivity index (χ2n) is 4.95. The first-order valence-electron chi connectivity index (χ1n) is 6.24. The Labute approximate surface area is 112 Å². The van der Waals surface area contributed by atoms with Crippen molar-refractivity contribution in [1.29, 1.82) is 0 Å². The van der Waals surface area contributed by atoms with Gasteiger partial charge in [-0.25, -0.2) is 0 Å². The van der Waals surface area contributed by atoms with E-state index in [1.165, 1.54) is 0 Å². The fourth-order valence-corrected chi connectivity index (χ4v) is 2.10. The first-order chi connectivity index (χ1) is 8.95. The van der Waals surface area contributed by atoms with E-state index in [9.17, 15) is 9.59 Å². The van der Waals surface area contributed by atoms with Gasteiger partial charge in [0.25, 0.3) is 5.91 Å². The molecule has 1 aromatic rings. The van der Waals surface area contributed by atoms with Crippen LogP contribution in [0.2, 0.25) is 0 Å². The van der Waals surface area contributed by atoms with Crippen molar-refractivity contribution in [2.24, 2.45) is 0 Å². The van der Waals surface area contributed by atoms with Gasteiger partial charge in [-0.2, -0.15) is 0 Å². The number of benzene rings is 1. The number of fused-ring (bicyclic) bond motifs is 1. The molecule has 0 bridgehead atoms. The maximum Gasteiger partial charge on any atom is 0.265 e. The van der Waals surface area contributed by atoms with E-state index >= 15 is 0 Å². The molecular formula is C14H18N2O3. The summed E-state index contributed by atoms with van der Waals surface area (Å²) in [7, 11) is 1.89. The Kier molecular flexibility index (Phi) is 3.85. The molecule has 1 amide bonds. The molecule has 0 spiro atoms. The molecule has 0 radical (unpaired) electrons. The number of likely N-dealkylation sites (N-methyl/N-ethyl adjacent to an activating group) is 1. The normalized spacial score (nSPS) is 17.7. The Hall–Kier alpha value is -1.88. The zero-order valence-corrected chi connectivity index (χ0v) is 11.4. The highest BCUT2D eigenvalue weighted by molar-refractivity contribution is 5.97. The number of amides is 1. The molecule has 1 heterocycles. The van der Waals surface area contributed by atoms with Gasteiger partial charge in [0, 0.05) is 6.54 Å². The average Bonchev–Trinajstić information content (AvgIpc) is 2.30. The fourth-order valence-electron chi connectivity index (χ4n) is 2.10. The minimum atomic E-state index is -0.460. The summed E-state index contributed by atoms with van der Waals surface area (Å²) in [6.45, 7) is 4.35. The number of rotatable bonds is 4. The van der Waals surface area contributed by atoms with E-state index in [1.807, 2.05) is 30.1 Å². The molecule has 2 rings (SSSR count). The number of ether oxygens (including phenoxy) is 1. The molecule has 0 saturated carbocycles. The SMILES string of the molecule is CC(=O)CN(C)Cc1ccc2c(c1)NC(=O)C(C)O2. The van der Waals surface area contributed by atoms with Crippen LogP contribution in [0.3, 0.4) is 0 Å². The lowest BCUT2D eigenvalue weighted by Gasteiger charge is -2.24. The van der Waals surface area contributed by atoms with Crippen molar-refractivity contribution in [2.45, 2.75) is 26.5 Å². The number of hydrogen-bond acceptors (Lipinski definition) is 4. The van der Waals surface area contributed by atoms with E-state index in [-0.39, 0.29) is 11.7 Å². The molecule has 0 aliphatic carbocycles. The zero-order valence-electron chi connectivity index (χ0n) is 11.4. The molecule has 19 heavy (non-hydrogen) atoms. The van der Waals surface area contributed by atoms with Crippen LogP contribution in [0.25, 0.3) is 0 Å². The second kappa shape index (κ2) is 5.40. The van der Waals surface area contributed by atoms with Crippen molar-refractivity contribution < 1.29 is 14.3 Å². The van der Waals surface area contributed by atoms with Crippen LogP contribution in [-0.2, 0) is 16.1 Å². The molecule has 1 aliphatic heterocycles. The molecular weight excluding hydrogens is 244 g/mol. The van der Waals surface area contributed by atoms with Crippen molar-refractivity contribution >= 4 is 17.4 Å². The number of anilines is 1. The van der Waals surface area contributed by atoms with Crippen molar-refractivity contribution in [1.82, 2.24) is 4.90 Å². The number of Topliss-reactive ketones (excluding diaryl/α,β-unsaturated/α-hetero) is 1. The second-order valence-corrected chi connectivity index (χ2v) is 4.95. The third kappa shape index (κ3) is 3.32. The molecule has 1 N–H and O–H groups in total. The maximum absolute atomic E-state index is 11.5. The largest absolute Gasteiger partial charge is 0.479 e. The van der Waals surface area contributed by atoms with Crippen molar-refractivity contribution in [3.63, 3.8) is 0 Å². The van der Waals surface area contributed by atoms with E-state index in [4.69, 9.17) is 4.74 Å². The van der Waals surface area contributed by atoms with Crippen LogP contribution in [0.4, 0.5) is 5.69 Å². The molecule has 0 fully saturated rings. The molecule has 0 aromatic heterocycles. The van der Waals surface area contributed by atoms with Crippen LogP contribution in [-0.4, -0.2) is 36.3 Å². The van der Waals surface area contributed by atoms with E-state index in [0.29, 0.717) is 24.5 Å². The monoisotopic (exact) mass is 262 g/mol. The fraction of sp³-hybridized carbons (Fsp3) is 0.429. The number of hydrogen-bond donors (Lipinski definition) is 1. The Morgan fingerprint density at radius 3 is 2.89 bits per heavy atom. The summed E-state index contributed by atoms with van der Waals surface area (Å²) in [6.07, 6.45) is -0.460. The van der Waals surface area contributed by atoms with Gasteiger partial charge in [0.15, 0.2) is 6.10 Å². The highest BCUT2D eigenvalue weighted by Crippen LogP contribution is 2.30. The predicted molar refractivity (Wildman–Crippen MR) is 72.2 cm³/mol. The van der Waals surface area contributed by atoms with Crippen molar-refractivity contribution in [3.05, 3.63) is 23.8 Å². The van der Waals surface area contributed by atoms with Crippen LogP contribution in [0, 0.1) is 0 Å². The van der Waals surface area contributed by atoms with Gasteiger partial charge in [-0.05, 0) is 38.6 Å². The summed E-state index contributed by atoms with van der Waals surface area (Å²) < 4.78 is 5.49. The summed E-state index contributed by atoms with van der Waals surface area (Å²) in [5.41, 5.74) is 1.72. The Balaban J connectivity index is 2.11. The zero-order chi connectivity index (χ0) is 14.0. The van der Waals surface area contributed by atoms with E-state index in [1.54, 1.807) is 13.8 Å². The maximum atomic E-state index is 11.5. The minimum Gasteiger partial charge on any atom is -0.479 e. The predicted octanol–water partition coefficient (Wildman–Crippen LogP) is 1.43. The molecule has 0 saturated heterocycles. The van der Waals surface area contributed by atoms with E-state index < -0.39 is 6.10 Å². The van der Waals surface area contributed by atoms with Crippen LogP contribution >= 0.6 is 0 Å². The smallest absolute Gasteiger partial charge is 0.265 e. The summed E-state index contributed by atoms with van der Waals surface area (Å²) in [4.78, 5) is 24.5. The summed E-state index contributed by atoms with van der Waals surface area (Å²) in [5, 5.41) is 2.81. The van der Waals surface area contributed by atoms with Crippen LogP contribution < -0.4 is 10.1 Å². The van der Waals surface area contributed by atoms with E-state index in [0.717, 1.165) is 5.56 Å². The third-order valence-electron chi connectivity index (χ3n) is 2.92. The van der Waals surface area contributed by atoms with E-state index in [2.05, 4.69) is 5.32 Å². The summed E-state index contributed by atoms with van der Waals surface area (Å²) in [6, 6.07) is 5.68. The van der Waals surface area contributed by atoms with Gasteiger partial charge < -0.3 is 10.1 Å². The van der Waals surface area contributed by atoms with Crippen LogP contribution in [0.1, 0.15) is 19.4 Å². The topological polar surface area (TPSA) is 58.6 Å². The van der Waals surface area contributed by atoms with Crippen LogP contribution in [0.5, 0.6) is 5.75 Å². The number of nitrogens with zero attached hydrogens (tertiary/aromatic N) is 1.